The Morgan fingerprint density at radius 3 is 2.64 bits per heavy atom. The maximum Gasteiger partial charge on any atom is 0.191 e. The van der Waals surface area contributed by atoms with Gasteiger partial charge in [0.05, 0.1) is 0 Å². The largest absolute Gasteiger partial charge is 0.356 e. The summed E-state index contributed by atoms with van der Waals surface area (Å²) in [6, 6.07) is 13.0. The molecule has 4 nitrogen and oxygen atoms in total. The lowest BCUT2D eigenvalue weighted by Crippen LogP contribution is -2.45. The van der Waals surface area contributed by atoms with Crippen LogP contribution in [0.4, 0.5) is 0 Å². The van der Waals surface area contributed by atoms with Gasteiger partial charge < -0.3 is 10.6 Å². The lowest BCUT2D eigenvalue weighted by Gasteiger charge is -2.20. The molecular weight excluding hydrogens is 423 g/mol. The predicted molar refractivity (Wildman–Crippen MR) is 115 cm³/mol. The molecule has 138 valence electrons. The van der Waals surface area contributed by atoms with Crippen molar-refractivity contribution in [2.45, 2.75) is 56.7 Å². The Kier molecular flexibility index (Phi) is 6.25. The minimum Gasteiger partial charge on any atom is -0.356 e. The number of nitrogens with zero attached hydrogens (tertiary/aromatic N) is 2. The molecule has 1 heterocycles. The maximum atomic E-state index is 4.44. The molecule has 1 saturated heterocycles. The van der Waals surface area contributed by atoms with Crippen molar-refractivity contribution in [3.05, 3.63) is 35.9 Å². The summed E-state index contributed by atoms with van der Waals surface area (Å²) in [5.74, 6) is 2.45. The van der Waals surface area contributed by atoms with Gasteiger partial charge in [-0.2, -0.15) is 0 Å². The van der Waals surface area contributed by atoms with Crippen molar-refractivity contribution < 1.29 is 0 Å². The number of nitrogens with one attached hydrogen (secondary N) is 2. The first-order valence-corrected chi connectivity index (χ1v) is 9.52. The number of rotatable bonds is 5. The summed E-state index contributed by atoms with van der Waals surface area (Å²) in [6.45, 7) is 4.56. The van der Waals surface area contributed by atoms with Gasteiger partial charge in [0, 0.05) is 38.3 Å². The van der Waals surface area contributed by atoms with Crippen molar-refractivity contribution in [1.82, 2.24) is 15.5 Å². The summed E-state index contributed by atoms with van der Waals surface area (Å²) >= 11 is 0. The monoisotopic (exact) mass is 454 g/mol. The van der Waals surface area contributed by atoms with Gasteiger partial charge in [0.25, 0.3) is 0 Å². The van der Waals surface area contributed by atoms with E-state index in [2.05, 4.69) is 57.8 Å². The van der Waals surface area contributed by atoms with E-state index in [0.717, 1.165) is 30.4 Å². The Morgan fingerprint density at radius 1 is 1.20 bits per heavy atom. The SMILES string of the molecule is CN=C(NCC1CC1c1ccccc1)NC1CC(C)N(C2CC2)C1.I. The van der Waals surface area contributed by atoms with Crippen LogP contribution >= 0.6 is 24.0 Å². The summed E-state index contributed by atoms with van der Waals surface area (Å²) in [4.78, 5) is 7.11. The normalized spacial score (nSPS) is 32.2. The van der Waals surface area contributed by atoms with Crippen molar-refractivity contribution in [3.8, 4) is 0 Å². The smallest absolute Gasteiger partial charge is 0.191 e. The van der Waals surface area contributed by atoms with Crippen LogP contribution in [0.5, 0.6) is 0 Å². The van der Waals surface area contributed by atoms with E-state index in [1.165, 1.54) is 37.8 Å². The second-order valence-electron chi connectivity index (χ2n) is 7.82. The van der Waals surface area contributed by atoms with Gasteiger partial charge in [-0.3, -0.25) is 9.89 Å². The number of aliphatic imine (C=N–C) groups is 1. The molecule has 1 aromatic rings. The average molecular weight is 454 g/mol. The van der Waals surface area contributed by atoms with E-state index < -0.39 is 0 Å². The molecule has 2 saturated carbocycles. The van der Waals surface area contributed by atoms with Gasteiger partial charge in [0.15, 0.2) is 5.96 Å². The number of likely N-dealkylation sites (tertiary alicyclic amines) is 1. The van der Waals surface area contributed by atoms with Crippen molar-refractivity contribution in [2.75, 3.05) is 20.1 Å². The van der Waals surface area contributed by atoms with Crippen molar-refractivity contribution in [1.29, 1.82) is 0 Å². The Labute approximate surface area is 168 Å². The molecule has 2 aliphatic carbocycles. The van der Waals surface area contributed by atoms with Crippen LogP contribution in [-0.2, 0) is 0 Å². The predicted octanol–water partition coefficient (Wildman–Crippen LogP) is 3.20. The Hall–Kier alpha value is -0.820. The highest BCUT2D eigenvalue weighted by Gasteiger charge is 2.40. The summed E-state index contributed by atoms with van der Waals surface area (Å²) in [5, 5.41) is 7.20. The lowest BCUT2D eigenvalue weighted by molar-refractivity contribution is 0.256. The van der Waals surface area contributed by atoms with Gasteiger partial charge in [-0.1, -0.05) is 30.3 Å². The molecule has 4 atom stereocenters. The molecule has 0 radical (unpaired) electrons. The second-order valence-corrected chi connectivity index (χ2v) is 7.82. The van der Waals surface area contributed by atoms with Gasteiger partial charge in [-0.25, -0.2) is 0 Å². The molecule has 3 aliphatic rings. The van der Waals surface area contributed by atoms with Gasteiger partial charge >= 0.3 is 0 Å². The van der Waals surface area contributed by atoms with E-state index in [4.69, 9.17) is 0 Å². The number of hydrogen-bond acceptors (Lipinski definition) is 2. The number of benzene rings is 1. The number of hydrogen-bond donors (Lipinski definition) is 2. The molecule has 0 bridgehead atoms. The number of guanidine groups is 1. The van der Waals surface area contributed by atoms with Crippen molar-refractivity contribution in [2.24, 2.45) is 10.9 Å². The van der Waals surface area contributed by atoms with E-state index in [-0.39, 0.29) is 24.0 Å². The Morgan fingerprint density at radius 2 is 1.96 bits per heavy atom. The highest BCUT2D eigenvalue weighted by Crippen LogP contribution is 2.46. The van der Waals surface area contributed by atoms with Gasteiger partial charge in [-0.15, -0.1) is 24.0 Å². The second kappa shape index (κ2) is 8.25. The molecule has 0 aromatic heterocycles. The van der Waals surface area contributed by atoms with Crippen molar-refractivity contribution in [3.63, 3.8) is 0 Å². The summed E-state index contributed by atoms with van der Waals surface area (Å²) in [7, 11) is 1.88. The minimum atomic E-state index is 0. The van der Waals surface area contributed by atoms with Crippen LogP contribution in [0.2, 0.25) is 0 Å². The Balaban J connectivity index is 0.00000182. The molecule has 25 heavy (non-hydrogen) atoms. The molecule has 1 aromatic carbocycles. The fourth-order valence-electron chi connectivity index (χ4n) is 4.27. The van der Waals surface area contributed by atoms with Crippen LogP contribution in [0, 0.1) is 5.92 Å². The molecule has 2 N–H and O–H groups in total. The van der Waals surface area contributed by atoms with E-state index >= 15 is 0 Å². The zero-order chi connectivity index (χ0) is 16.5. The fraction of sp³-hybridized carbons (Fsp3) is 0.650. The van der Waals surface area contributed by atoms with E-state index in [9.17, 15) is 0 Å². The zero-order valence-corrected chi connectivity index (χ0v) is 17.6. The van der Waals surface area contributed by atoms with Crippen LogP contribution < -0.4 is 10.6 Å². The molecular formula is C20H31IN4. The zero-order valence-electron chi connectivity index (χ0n) is 15.3. The first-order chi connectivity index (χ1) is 11.7. The molecule has 0 spiro atoms. The van der Waals surface area contributed by atoms with E-state index in [0.29, 0.717) is 12.1 Å². The first kappa shape index (κ1) is 19.0. The molecule has 0 amide bonds. The summed E-state index contributed by atoms with van der Waals surface area (Å²) in [5.41, 5.74) is 1.48. The highest BCUT2D eigenvalue weighted by atomic mass is 127. The molecule has 4 unspecified atom stereocenters. The number of halogens is 1. The summed E-state index contributed by atoms with van der Waals surface area (Å²) in [6.07, 6.45) is 5.32. The molecule has 3 fully saturated rings. The van der Waals surface area contributed by atoms with Crippen LogP contribution in [0.1, 0.15) is 44.1 Å². The summed E-state index contributed by atoms with van der Waals surface area (Å²) < 4.78 is 0. The van der Waals surface area contributed by atoms with Gasteiger partial charge in [0.1, 0.15) is 0 Å². The minimum absolute atomic E-state index is 0. The average Bonchev–Trinajstić information content (AvgIpc) is 3.52. The third-order valence-electron chi connectivity index (χ3n) is 5.89. The molecule has 1 aliphatic heterocycles. The van der Waals surface area contributed by atoms with Crippen LogP contribution in [0.3, 0.4) is 0 Å². The Bertz CT molecular complexity index is 587. The fourth-order valence-corrected chi connectivity index (χ4v) is 4.27. The van der Waals surface area contributed by atoms with Crippen LogP contribution in [0.15, 0.2) is 35.3 Å². The van der Waals surface area contributed by atoms with Crippen molar-refractivity contribution >= 4 is 29.9 Å². The first-order valence-electron chi connectivity index (χ1n) is 9.52. The topological polar surface area (TPSA) is 39.7 Å². The van der Waals surface area contributed by atoms with Gasteiger partial charge in [-0.05, 0) is 50.0 Å². The van der Waals surface area contributed by atoms with Crippen LogP contribution in [-0.4, -0.2) is 49.1 Å². The maximum absolute atomic E-state index is 4.44. The van der Waals surface area contributed by atoms with Gasteiger partial charge in [0.2, 0.25) is 0 Å². The van der Waals surface area contributed by atoms with E-state index in [1.807, 2.05) is 7.05 Å². The quantitative estimate of drug-likeness (QED) is 0.408. The van der Waals surface area contributed by atoms with E-state index in [1.54, 1.807) is 0 Å². The highest BCUT2D eigenvalue weighted by molar-refractivity contribution is 14.0. The lowest BCUT2D eigenvalue weighted by atomic mass is 10.1. The molecule has 5 heteroatoms. The van der Waals surface area contributed by atoms with Crippen LogP contribution in [0.25, 0.3) is 0 Å². The standard InChI is InChI=1S/C20H30N4.HI/c1-14-10-17(13-24(14)18-8-9-18)23-20(21-2)22-12-16-11-19(16)15-6-4-3-5-7-15;/h3-7,14,16-19H,8-13H2,1-2H3,(H2,21,22,23);1H. The molecule has 4 rings (SSSR count). The third kappa shape index (κ3) is 4.67. The third-order valence-corrected chi connectivity index (χ3v) is 5.89.